The minimum Gasteiger partial charge on any atom is -0.468 e. The Bertz CT molecular complexity index is 124. The van der Waals surface area contributed by atoms with Crippen LogP contribution in [0.5, 0.6) is 0 Å². The maximum atomic E-state index is 9.83. The van der Waals surface area contributed by atoms with Crippen LogP contribution in [0, 0.1) is 0 Å². The number of unbranched alkanes of at least 4 members (excludes halogenated alkanes) is 3. The van der Waals surface area contributed by atoms with Gasteiger partial charge in [-0.25, -0.2) is 0 Å². The van der Waals surface area contributed by atoms with E-state index >= 15 is 0 Å². The van der Waals surface area contributed by atoms with E-state index < -0.39 is 0 Å². The molecule has 0 bridgehead atoms. The number of hydrogen-bond acceptors (Lipinski definition) is 3. The molecule has 0 saturated heterocycles. The fraction of sp³-hybridized carbons (Fsp3) is 0.909. The lowest BCUT2D eigenvalue weighted by atomic mass is 10.2. The van der Waals surface area contributed by atoms with Crippen LogP contribution in [0.4, 0.5) is 0 Å². The first-order valence-electron chi connectivity index (χ1n) is 5.62. The zero-order valence-corrected chi connectivity index (χ0v) is 9.50. The van der Waals surface area contributed by atoms with Gasteiger partial charge in [-0.15, -0.1) is 0 Å². The van der Waals surface area contributed by atoms with E-state index in [4.69, 9.17) is 0 Å². The molecular weight excluding hydrogens is 178 g/mol. The molecule has 0 atom stereocenters. The summed E-state index contributed by atoms with van der Waals surface area (Å²) >= 11 is 0. The van der Waals surface area contributed by atoms with Crippen molar-refractivity contribution in [1.29, 1.82) is 0 Å². The van der Waals surface area contributed by atoms with Crippen molar-refractivity contribution in [3.8, 4) is 0 Å². The molecule has 3 heteroatoms. The second kappa shape index (κ2) is 10.5. The van der Waals surface area contributed by atoms with Crippen LogP contribution in [0.2, 0.25) is 0 Å². The minimum atomic E-state index is 0.524. The molecule has 0 aromatic heterocycles. The third-order valence-corrected chi connectivity index (χ3v) is 2.45. The summed E-state index contributed by atoms with van der Waals surface area (Å²) in [4.78, 5) is 12.3. The highest BCUT2D eigenvalue weighted by molar-refractivity contribution is 5.36. The minimum absolute atomic E-state index is 0.524. The van der Waals surface area contributed by atoms with Crippen molar-refractivity contribution in [3.05, 3.63) is 0 Å². The van der Waals surface area contributed by atoms with Crippen LogP contribution >= 0.6 is 0 Å². The highest BCUT2D eigenvalue weighted by Gasteiger charge is 1.97. The first-order valence-corrected chi connectivity index (χ1v) is 5.62. The average Bonchev–Trinajstić information content (AvgIpc) is 2.22. The normalized spacial score (nSPS) is 10.5. The Hall–Kier alpha value is -0.570. The Labute approximate surface area is 87.4 Å². The fourth-order valence-electron chi connectivity index (χ4n) is 1.46. The predicted octanol–water partition coefficient (Wildman–Crippen LogP) is 2.06. The summed E-state index contributed by atoms with van der Waals surface area (Å²) in [6, 6.07) is 0. The summed E-state index contributed by atoms with van der Waals surface area (Å²) in [5.74, 6) is 0. The molecular formula is C11H23NO2. The van der Waals surface area contributed by atoms with Gasteiger partial charge in [0.1, 0.15) is 0 Å². The molecule has 0 radical (unpaired) electrons. The van der Waals surface area contributed by atoms with Crippen molar-refractivity contribution >= 4 is 6.47 Å². The molecule has 0 fully saturated rings. The number of hydrogen-bond donors (Lipinski definition) is 0. The number of carbonyl (C=O) groups is 1. The summed E-state index contributed by atoms with van der Waals surface area (Å²) < 4.78 is 4.61. The molecule has 3 nitrogen and oxygen atoms in total. The molecule has 84 valence electrons. The monoisotopic (exact) mass is 201 g/mol. The Balaban J connectivity index is 3.08. The van der Waals surface area contributed by atoms with Gasteiger partial charge < -0.3 is 9.64 Å². The van der Waals surface area contributed by atoms with Gasteiger partial charge in [-0.05, 0) is 32.5 Å². The van der Waals surface area contributed by atoms with E-state index in [0.717, 1.165) is 25.9 Å². The third kappa shape index (κ3) is 8.05. The molecule has 0 spiro atoms. The molecule has 0 aliphatic heterocycles. The molecule has 0 aromatic carbocycles. The SMILES string of the molecule is CCN(CC)CCCCCCOC=O. The molecule has 0 rings (SSSR count). The Morgan fingerprint density at radius 2 is 1.71 bits per heavy atom. The van der Waals surface area contributed by atoms with E-state index in [1.54, 1.807) is 0 Å². The van der Waals surface area contributed by atoms with E-state index in [1.165, 1.54) is 19.4 Å². The molecule has 14 heavy (non-hydrogen) atoms. The number of carbonyl (C=O) groups excluding carboxylic acids is 1. The lowest BCUT2D eigenvalue weighted by molar-refractivity contribution is -0.128. The van der Waals surface area contributed by atoms with Crippen LogP contribution in [-0.2, 0) is 9.53 Å². The quantitative estimate of drug-likeness (QED) is 0.400. The summed E-state index contributed by atoms with van der Waals surface area (Å²) in [7, 11) is 0. The molecule has 0 aliphatic carbocycles. The lowest BCUT2D eigenvalue weighted by Crippen LogP contribution is -2.23. The Kier molecular flexibility index (Phi) is 10.1. The van der Waals surface area contributed by atoms with Gasteiger partial charge in [0.2, 0.25) is 0 Å². The van der Waals surface area contributed by atoms with Gasteiger partial charge in [0.05, 0.1) is 6.61 Å². The Morgan fingerprint density at radius 3 is 2.29 bits per heavy atom. The van der Waals surface area contributed by atoms with Crippen LogP contribution in [-0.4, -0.2) is 37.6 Å². The van der Waals surface area contributed by atoms with Crippen LogP contribution in [0.25, 0.3) is 0 Å². The smallest absolute Gasteiger partial charge is 0.293 e. The maximum absolute atomic E-state index is 9.83. The molecule has 0 N–H and O–H groups in total. The van der Waals surface area contributed by atoms with Crippen molar-refractivity contribution in [2.24, 2.45) is 0 Å². The van der Waals surface area contributed by atoms with E-state index in [1.807, 2.05) is 0 Å². The zero-order chi connectivity index (χ0) is 10.6. The summed E-state index contributed by atoms with van der Waals surface area (Å²) in [5.41, 5.74) is 0. The van der Waals surface area contributed by atoms with Crippen LogP contribution in [0.1, 0.15) is 39.5 Å². The standard InChI is InChI=1S/C11H23NO2/c1-3-12(4-2)9-7-5-6-8-10-14-11-13/h11H,3-10H2,1-2H3. The van der Waals surface area contributed by atoms with Crippen molar-refractivity contribution in [3.63, 3.8) is 0 Å². The second-order valence-corrected chi connectivity index (χ2v) is 3.41. The van der Waals surface area contributed by atoms with E-state index in [0.29, 0.717) is 13.1 Å². The van der Waals surface area contributed by atoms with Gasteiger partial charge in [-0.2, -0.15) is 0 Å². The molecule has 0 unspecified atom stereocenters. The molecule has 0 saturated carbocycles. The number of rotatable bonds is 10. The predicted molar refractivity (Wildman–Crippen MR) is 58.3 cm³/mol. The number of ether oxygens (including phenoxy) is 1. The van der Waals surface area contributed by atoms with Gasteiger partial charge >= 0.3 is 0 Å². The third-order valence-electron chi connectivity index (χ3n) is 2.45. The maximum Gasteiger partial charge on any atom is 0.293 e. The van der Waals surface area contributed by atoms with Crippen molar-refractivity contribution < 1.29 is 9.53 Å². The van der Waals surface area contributed by atoms with Crippen molar-refractivity contribution in [2.75, 3.05) is 26.2 Å². The van der Waals surface area contributed by atoms with E-state index in [9.17, 15) is 4.79 Å². The van der Waals surface area contributed by atoms with Gasteiger partial charge in [0.25, 0.3) is 6.47 Å². The van der Waals surface area contributed by atoms with Crippen molar-refractivity contribution in [1.82, 2.24) is 4.90 Å². The van der Waals surface area contributed by atoms with E-state index in [-0.39, 0.29) is 0 Å². The second-order valence-electron chi connectivity index (χ2n) is 3.41. The van der Waals surface area contributed by atoms with Crippen LogP contribution in [0.15, 0.2) is 0 Å². The van der Waals surface area contributed by atoms with Gasteiger partial charge in [-0.1, -0.05) is 26.7 Å². The van der Waals surface area contributed by atoms with Crippen molar-refractivity contribution in [2.45, 2.75) is 39.5 Å². The fourth-order valence-corrected chi connectivity index (χ4v) is 1.46. The first-order chi connectivity index (χ1) is 6.85. The topological polar surface area (TPSA) is 29.5 Å². The Morgan fingerprint density at radius 1 is 1.07 bits per heavy atom. The van der Waals surface area contributed by atoms with E-state index in [2.05, 4.69) is 23.5 Å². The van der Waals surface area contributed by atoms with Gasteiger partial charge in [-0.3, -0.25) is 4.79 Å². The summed E-state index contributed by atoms with van der Waals surface area (Å²) in [6.07, 6.45) is 4.65. The molecule has 0 aromatic rings. The largest absolute Gasteiger partial charge is 0.468 e. The van der Waals surface area contributed by atoms with Crippen LogP contribution < -0.4 is 0 Å². The summed E-state index contributed by atoms with van der Waals surface area (Å²) in [6.45, 7) is 8.98. The number of nitrogens with zero attached hydrogens (tertiary/aromatic N) is 1. The molecule has 0 aliphatic rings. The van der Waals surface area contributed by atoms with Crippen LogP contribution in [0.3, 0.4) is 0 Å². The van der Waals surface area contributed by atoms with Gasteiger partial charge in [0, 0.05) is 0 Å². The first kappa shape index (κ1) is 13.4. The molecule has 0 heterocycles. The highest BCUT2D eigenvalue weighted by atomic mass is 16.5. The lowest BCUT2D eigenvalue weighted by Gasteiger charge is -2.17. The zero-order valence-electron chi connectivity index (χ0n) is 9.50. The molecule has 0 amide bonds. The average molecular weight is 201 g/mol. The highest BCUT2D eigenvalue weighted by Crippen LogP contribution is 2.01. The van der Waals surface area contributed by atoms with Gasteiger partial charge in [0.15, 0.2) is 0 Å². The summed E-state index contributed by atoms with van der Waals surface area (Å²) in [5, 5.41) is 0.